The third-order valence-corrected chi connectivity index (χ3v) is 7.12. The Kier molecular flexibility index (Phi) is 5.11. The van der Waals surface area contributed by atoms with Crippen LogP contribution in [-0.2, 0) is 0 Å². The Morgan fingerprint density at radius 3 is 2.56 bits per heavy atom. The van der Waals surface area contributed by atoms with E-state index in [4.69, 9.17) is 4.98 Å². The summed E-state index contributed by atoms with van der Waals surface area (Å²) in [5.41, 5.74) is 2.76. The van der Waals surface area contributed by atoms with Gasteiger partial charge in [-0.25, -0.2) is 18.6 Å². The molecule has 3 aliphatic rings. The molecule has 2 aromatic heterocycles. The van der Waals surface area contributed by atoms with Gasteiger partial charge in [-0.3, -0.25) is 9.20 Å². The van der Waals surface area contributed by atoms with Gasteiger partial charge >= 0.3 is 5.97 Å². The molecule has 3 fully saturated rings. The van der Waals surface area contributed by atoms with Crippen LogP contribution in [0.25, 0.3) is 5.65 Å². The van der Waals surface area contributed by atoms with E-state index in [2.05, 4.69) is 5.32 Å². The molecule has 0 spiro atoms. The minimum absolute atomic E-state index is 0.140. The van der Waals surface area contributed by atoms with E-state index in [1.807, 2.05) is 24.8 Å². The molecule has 2 unspecified atom stereocenters. The number of benzene rings is 1. The fourth-order valence-corrected chi connectivity index (χ4v) is 5.22. The van der Waals surface area contributed by atoms with Gasteiger partial charge in [0.15, 0.2) is 0 Å². The number of aromatic carboxylic acids is 1. The van der Waals surface area contributed by atoms with Crippen LogP contribution in [0.2, 0.25) is 0 Å². The van der Waals surface area contributed by atoms with Crippen LogP contribution in [0, 0.1) is 25.7 Å². The Morgan fingerprint density at radius 2 is 1.91 bits per heavy atom. The second-order valence-corrected chi connectivity index (χ2v) is 9.46. The Hall–Kier alpha value is -3.49. The van der Waals surface area contributed by atoms with Crippen molar-refractivity contribution in [3.05, 3.63) is 69.1 Å². The van der Waals surface area contributed by atoms with E-state index in [1.54, 1.807) is 31.3 Å². The Bertz CT molecular complexity index is 1360. The highest BCUT2D eigenvalue weighted by molar-refractivity contribution is 5.94. The summed E-state index contributed by atoms with van der Waals surface area (Å²) in [5.74, 6) is -4.67. The lowest BCUT2D eigenvalue weighted by molar-refractivity contribution is -0.194. The maximum absolute atomic E-state index is 14.1. The van der Waals surface area contributed by atoms with Crippen molar-refractivity contribution in [1.29, 1.82) is 0 Å². The zero-order valence-electron chi connectivity index (χ0n) is 19.2. The molecule has 0 radical (unpaired) electrons. The minimum Gasteiger partial charge on any atom is -0.478 e. The lowest BCUT2D eigenvalue weighted by Gasteiger charge is -2.53. The van der Waals surface area contributed by atoms with E-state index in [-0.39, 0.29) is 30.3 Å². The largest absolute Gasteiger partial charge is 0.478 e. The standard InChI is InChI=1S/C25H26F2N4O3/c1-13-8-19(15(3)28-20-7-5-4-6-18(20)24(33)34)22-29-21(14(2)23(32)31(22)10-13)30-11-16-9-17(12-30)25(16,26)27/h4-8,10,15-17,28H,9,11-12H2,1-3H3,(H,33,34)/t15-,16?,17?/m1/s1. The summed E-state index contributed by atoms with van der Waals surface area (Å²) in [7, 11) is 0. The van der Waals surface area contributed by atoms with Gasteiger partial charge in [0.2, 0.25) is 0 Å². The van der Waals surface area contributed by atoms with E-state index in [0.717, 1.165) is 5.56 Å². The predicted octanol–water partition coefficient (Wildman–Crippen LogP) is 4.27. The number of carboxylic acid groups (broad SMARTS) is 1. The van der Waals surface area contributed by atoms with Crippen LogP contribution in [-0.4, -0.2) is 39.5 Å². The van der Waals surface area contributed by atoms with Crippen LogP contribution in [0.1, 0.15) is 46.4 Å². The second kappa shape index (κ2) is 7.78. The first-order chi connectivity index (χ1) is 16.1. The van der Waals surface area contributed by atoms with Crippen molar-refractivity contribution in [2.45, 2.75) is 39.2 Å². The molecule has 9 heteroatoms. The number of alkyl halides is 2. The summed E-state index contributed by atoms with van der Waals surface area (Å²) in [6.07, 6.45) is 2.22. The zero-order chi connectivity index (χ0) is 24.4. The van der Waals surface area contributed by atoms with Crippen molar-refractivity contribution in [3.63, 3.8) is 0 Å². The van der Waals surface area contributed by atoms with Gasteiger partial charge in [-0.15, -0.1) is 0 Å². The highest BCUT2D eigenvalue weighted by Crippen LogP contribution is 2.53. The molecule has 1 saturated carbocycles. The predicted molar refractivity (Wildman–Crippen MR) is 125 cm³/mol. The first kappa shape index (κ1) is 22.3. The van der Waals surface area contributed by atoms with Crippen molar-refractivity contribution in [2.75, 3.05) is 23.3 Å². The maximum atomic E-state index is 14.1. The molecular formula is C25H26F2N4O3. The Labute approximate surface area is 195 Å². The number of carbonyl (C=O) groups is 1. The van der Waals surface area contributed by atoms with Gasteiger partial charge in [-0.05, 0) is 51.0 Å². The van der Waals surface area contributed by atoms with Crippen LogP contribution in [0.3, 0.4) is 0 Å². The summed E-state index contributed by atoms with van der Waals surface area (Å²) in [6.45, 7) is 5.77. The maximum Gasteiger partial charge on any atom is 0.337 e. The second-order valence-electron chi connectivity index (χ2n) is 9.46. The molecule has 4 heterocycles. The Morgan fingerprint density at radius 1 is 1.24 bits per heavy atom. The summed E-state index contributed by atoms with van der Waals surface area (Å²) < 4.78 is 29.7. The molecule has 6 rings (SSSR count). The fraction of sp³-hybridized carbons (Fsp3) is 0.400. The third kappa shape index (κ3) is 3.41. The molecule has 7 nitrogen and oxygen atoms in total. The minimum atomic E-state index is -2.64. The molecule has 3 aromatic rings. The number of hydrogen-bond acceptors (Lipinski definition) is 5. The first-order valence-corrected chi connectivity index (χ1v) is 11.3. The molecule has 3 atom stereocenters. The van der Waals surface area contributed by atoms with Crippen LogP contribution >= 0.6 is 0 Å². The summed E-state index contributed by atoms with van der Waals surface area (Å²) in [5, 5.41) is 12.8. The van der Waals surface area contributed by atoms with Crippen LogP contribution < -0.4 is 15.8 Å². The molecule has 1 aromatic carbocycles. The molecule has 2 N–H and O–H groups in total. The van der Waals surface area contributed by atoms with Crippen LogP contribution in [0.4, 0.5) is 20.3 Å². The summed E-state index contributed by atoms with van der Waals surface area (Å²) >= 11 is 0. The smallest absolute Gasteiger partial charge is 0.337 e. The van der Waals surface area contributed by atoms with Crippen LogP contribution in [0.5, 0.6) is 0 Å². The highest BCUT2D eigenvalue weighted by atomic mass is 19.3. The number of para-hydroxylation sites is 1. The Balaban J connectivity index is 1.58. The topological polar surface area (TPSA) is 86.9 Å². The molecule has 178 valence electrons. The van der Waals surface area contributed by atoms with E-state index >= 15 is 0 Å². The normalized spacial score (nSPS) is 21.7. The number of aromatic nitrogens is 2. The molecule has 34 heavy (non-hydrogen) atoms. The number of anilines is 2. The first-order valence-electron chi connectivity index (χ1n) is 11.3. The molecule has 2 saturated heterocycles. The number of fused-ring (bicyclic) bond motifs is 3. The number of aryl methyl sites for hydroxylation is 1. The van der Waals surface area contributed by atoms with E-state index in [0.29, 0.717) is 34.7 Å². The SMILES string of the molecule is Cc1cc([C@@H](C)Nc2ccccc2C(=O)O)c2nc(N3CC4CC(C3)C4(F)F)c(C)c(=O)n2c1. The number of nitrogens with one attached hydrogen (secondary N) is 1. The van der Waals surface area contributed by atoms with Gasteiger partial charge in [0, 0.05) is 42.4 Å². The monoisotopic (exact) mass is 468 g/mol. The number of rotatable bonds is 5. The highest BCUT2D eigenvalue weighted by Gasteiger charge is 2.61. The van der Waals surface area contributed by atoms with E-state index in [1.165, 1.54) is 10.5 Å². The van der Waals surface area contributed by atoms with Crippen LogP contribution in [0.15, 0.2) is 41.3 Å². The lowest BCUT2D eigenvalue weighted by Crippen LogP contribution is -2.63. The van der Waals surface area contributed by atoms with Crippen molar-refractivity contribution in [1.82, 2.24) is 9.38 Å². The van der Waals surface area contributed by atoms with Gasteiger partial charge in [-0.2, -0.15) is 0 Å². The zero-order valence-corrected chi connectivity index (χ0v) is 19.2. The summed E-state index contributed by atoms with van der Waals surface area (Å²) in [6, 6.07) is 8.14. The number of halogens is 2. The van der Waals surface area contributed by atoms with Crippen molar-refractivity contribution < 1.29 is 18.7 Å². The molecular weight excluding hydrogens is 442 g/mol. The van der Waals surface area contributed by atoms with E-state index < -0.39 is 23.7 Å². The molecule has 0 amide bonds. The fourth-order valence-electron chi connectivity index (χ4n) is 5.22. The number of pyridine rings is 1. The average molecular weight is 469 g/mol. The van der Waals surface area contributed by atoms with Crippen molar-refractivity contribution in [3.8, 4) is 0 Å². The van der Waals surface area contributed by atoms with E-state index in [9.17, 15) is 23.5 Å². The van der Waals surface area contributed by atoms with Gasteiger partial charge in [0.05, 0.1) is 17.2 Å². The quantitative estimate of drug-likeness (QED) is 0.582. The van der Waals surface area contributed by atoms with Gasteiger partial charge in [0.1, 0.15) is 11.5 Å². The number of nitrogens with zero attached hydrogens (tertiary/aromatic N) is 3. The number of hydrogen-bond donors (Lipinski definition) is 2. The van der Waals surface area contributed by atoms with Gasteiger partial charge in [-0.1, -0.05) is 12.1 Å². The average Bonchev–Trinajstić information content (AvgIpc) is 2.81. The molecule has 2 aliphatic heterocycles. The van der Waals surface area contributed by atoms with Crippen molar-refractivity contribution >= 4 is 23.1 Å². The molecule has 2 bridgehead atoms. The van der Waals surface area contributed by atoms with Gasteiger partial charge in [0.25, 0.3) is 11.5 Å². The van der Waals surface area contributed by atoms with Gasteiger partial charge < -0.3 is 15.3 Å². The van der Waals surface area contributed by atoms with Crippen molar-refractivity contribution in [2.24, 2.45) is 11.8 Å². The molecule has 1 aliphatic carbocycles. The summed E-state index contributed by atoms with van der Waals surface area (Å²) in [4.78, 5) is 31.5. The number of piperidine rings is 2. The number of carboxylic acids is 1. The lowest BCUT2D eigenvalue weighted by atomic mass is 9.67. The third-order valence-electron chi connectivity index (χ3n) is 7.12.